The van der Waals surface area contributed by atoms with Gasteiger partial charge in [-0.1, -0.05) is 30.3 Å². The molecule has 15 nitrogen and oxygen atoms in total. The Balaban J connectivity index is 1.28. The Morgan fingerprint density at radius 3 is 2.42 bits per heavy atom. The van der Waals surface area contributed by atoms with Crippen LogP contribution in [-0.2, 0) is 36.1 Å². The van der Waals surface area contributed by atoms with Gasteiger partial charge in [0.15, 0.2) is 5.76 Å². The predicted octanol–water partition coefficient (Wildman–Crippen LogP) is 3.41. The van der Waals surface area contributed by atoms with Crippen molar-refractivity contribution < 1.29 is 37.3 Å². The first-order valence-electron chi connectivity index (χ1n) is 18.0. The number of carbonyl (C=O) groups is 2. The number of para-hydroxylation sites is 3. The van der Waals surface area contributed by atoms with Crippen molar-refractivity contribution in [1.29, 1.82) is 0 Å². The number of ether oxygens (including phenoxy) is 3. The second kappa shape index (κ2) is 18.8. The number of nitrogen functional groups attached to an aromatic ring is 1. The Hall–Kier alpha value is -5.42. The van der Waals surface area contributed by atoms with Crippen LogP contribution in [0, 0.1) is 6.92 Å². The highest BCUT2D eigenvalue weighted by Gasteiger charge is 2.33. The van der Waals surface area contributed by atoms with Gasteiger partial charge in [0.05, 0.1) is 42.3 Å². The summed E-state index contributed by atoms with van der Waals surface area (Å²) >= 11 is 0. The fourth-order valence-electron chi connectivity index (χ4n) is 6.31. The summed E-state index contributed by atoms with van der Waals surface area (Å²) in [6.07, 6.45) is 1.98. The molecule has 1 aromatic heterocycles. The van der Waals surface area contributed by atoms with Gasteiger partial charge < -0.3 is 35.7 Å². The van der Waals surface area contributed by atoms with Crippen LogP contribution in [0.5, 0.6) is 5.75 Å². The number of unbranched alkanes of at least 4 members (excludes halogenated alkanes) is 1. The Kier molecular flexibility index (Phi) is 13.9. The summed E-state index contributed by atoms with van der Waals surface area (Å²) in [5, 5.41) is 15.3. The third-order valence-electron chi connectivity index (χ3n) is 9.29. The summed E-state index contributed by atoms with van der Waals surface area (Å²) in [6, 6.07) is 22.1. The van der Waals surface area contributed by atoms with Crippen molar-refractivity contribution in [2.24, 2.45) is 7.05 Å². The molecular formula is C39H48N6O9S. The number of amides is 2. The SMILES string of the molecule is COc1ccc(S(=O)(=O)N(CCO)CCOC2CC(c3c(C)n(C)n(-c4ccccc4)c3=O)C=C(C(=O)NCCCCC(=O)Nc3ccccc3N)O2)cc1. The quantitative estimate of drug-likeness (QED) is 0.0859. The first-order valence-corrected chi connectivity index (χ1v) is 19.4. The van der Waals surface area contributed by atoms with Crippen LogP contribution < -0.4 is 26.7 Å². The number of nitrogens with one attached hydrogen (secondary N) is 2. The van der Waals surface area contributed by atoms with Crippen molar-refractivity contribution in [3.8, 4) is 11.4 Å². The van der Waals surface area contributed by atoms with E-state index in [1.807, 2.05) is 37.3 Å². The topological polar surface area (TPSA) is 196 Å². The monoisotopic (exact) mass is 776 g/mol. The third-order valence-corrected chi connectivity index (χ3v) is 11.2. The molecular weight excluding hydrogens is 729 g/mol. The molecule has 5 rings (SSSR count). The van der Waals surface area contributed by atoms with Crippen molar-refractivity contribution in [3.05, 3.63) is 112 Å². The van der Waals surface area contributed by atoms with Crippen LogP contribution in [0.1, 0.15) is 42.9 Å². The second-order valence-electron chi connectivity index (χ2n) is 12.9. The number of anilines is 2. The number of hydrogen-bond acceptors (Lipinski definition) is 10. The van der Waals surface area contributed by atoms with Crippen LogP contribution >= 0.6 is 0 Å². The number of carbonyl (C=O) groups excluding carboxylic acids is 2. The van der Waals surface area contributed by atoms with Gasteiger partial charge in [-0.15, -0.1) is 0 Å². The number of methoxy groups -OCH3 is 1. The number of hydrogen-bond donors (Lipinski definition) is 4. The highest BCUT2D eigenvalue weighted by atomic mass is 32.2. The molecule has 294 valence electrons. The molecule has 4 aromatic rings. The van der Waals surface area contributed by atoms with E-state index >= 15 is 0 Å². The summed E-state index contributed by atoms with van der Waals surface area (Å²) < 4.78 is 48.5. The van der Waals surface area contributed by atoms with Crippen molar-refractivity contribution in [2.75, 3.05) is 51.0 Å². The normalized spacial score (nSPS) is 15.6. The molecule has 55 heavy (non-hydrogen) atoms. The van der Waals surface area contributed by atoms with E-state index in [0.717, 1.165) is 4.31 Å². The minimum Gasteiger partial charge on any atom is -0.497 e. The maximum absolute atomic E-state index is 14.0. The summed E-state index contributed by atoms with van der Waals surface area (Å²) in [4.78, 5) is 39.9. The van der Waals surface area contributed by atoms with Gasteiger partial charge in [0.1, 0.15) is 5.75 Å². The van der Waals surface area contributed by atoms with Gasteiger partial charge in [-0.05, 0) is 74.4 Å². The molecule has 5 N–H and O–H groups in total. The number of allylic oxidation sites excluding steroid dienone is 1. The van der Waals surface area contributed by atoms with Crippen LogP contribution in [0.4, 0.5) is 11.4 Å². The van der Waals surface area contributed by atoms with Gasteiger partial charge in [0.25, 0.3) is 11.5 Å². The van der Waals surface area contributed by atoms with Crippen molar-refractivity contribution in [3.63, 3.8) is 0 Å². The Morgan fingerprint density at radius 2 is 1.73 bits per heavy atom. The minimum absolute atomic E-state index is 0.0217. The fraction of sp³-hybridized carbons (Fsp3) is 0.359. The Bertz CT molecular complexity index is 2130. The molecule has 0 saturated carbocycles. The molecule has 0 bridgehead atoms. The number of sulfonamides is 1. The van der Waals surface area contributed by atoms with E-state index in [9.17, 15) is 27.9 Å². The number of nitrogens with two attached hydrogens (primary N) is 1. The average molecular weight is 777 g/mol. The lowest BCUT2D eigenvalue weighted by atomic mass is 9.93. The first-order chi connectivity index (χ1) is 26.4. The lowest BCUT2D eigenvalue weighted by Crippen LogP contribution is -2.38. The molecule has 0 aliphatic carbocycles. The average Bonchev–Trinajstić information content (AvgIpc) is 3.41. The Labute approximate surface area is 320 Å². The number of rotatable bonds is 18. The van der Waals surface area contributed by atoms with Crippen LogP contribution in [0.25, 0.3) is 5.69 Å². The van der Waals surface area contributed by atoms with Gasteiger partial charge in [-0.2, -0.15) is 4.31 Å². The number of aliphatic hydroxyl groups excluding tert-OH is 1. The van der Waals surface area contributed by atoms with E-state index < -0.39 is 34.7 Å². The van der Waals surface area contributed by atoms with Crippen molar-refractivity contribution >= 4 is 33.2 Å². The van der Waals surface area contributed by atoms with Crippen LogP contribution in [0.3, 0.4) is 0 Å². The number of aliphatic hydroxyl groups is 1. The van der Waals surface area contributed by atoms with Crippen LogP contribution in [0.15, 0.2) is 100 Å². The highest BCUT2D eigenvalue weighted by Crippen LogP contribution is 2.32. The molecule has 1 aliphatic rings. The van der Waals surface area contributed by atoms with Gasteiger partial charge in [0.2, 0.25) is 22.2 Å². The van der Waals surface area contributed by atoms with E-state index in [4.69, 9.17) is 19.9 Å². The zero-order valence-electron chi connectivity index (χ0n) is 31.1. The molecule has 16 heteroatoms. The van der Waals surface area contributed by atoms with E-state index in [2.05, 4.69) is 10.6 Å². The van der Waals surface area contributed by atoms with E-state index in [1.165, 1.54) is 31.4 Å². The molecule has 2 amide bonds. The molecule has 1 aliphatic heterocycles. The van der Waals surface area contributed by atoms with E-state index in [-0.39, 0.29) is 61.2 Å². The first kappa shape index (κ1) is 40.8. The number of aromatic nitrogens is 2. The van der Waals surface area contributed by atoms with Crippen molar-refractivity contribution in [1.82, 2.24) is 19.0 Å². The van der Waals surface area contributed by atoms with E-state index in [1.54, 1.807) is 46.8 Å². The lowest BCUT2D eigenvalue weighted by Gasteiger charge is -2.29. The van der Waals surface area contributed by atoms with Gasteiger partial charge >= 0.3 is 0 Å². The summed E-state index contributed by atoms with van der Waals surface area (Å²) in [7, 11) is -0.741. The van der Waals surface area contributed by atoms with Crippen LogP contribution in [-0.4, -0.2) is 85.3 Å². The highest BCUT2D eigenvalue weighted by molar-refractivity contribution is 7.89. The maximum Gasteiger partial charge on any atom is 0.286 e. The largest absolute Gasteiger partial charge is 0.497 e. The van der Waals surface area contributed by atoms with Gasteiger partial charge in [-0.3, -0.25) is 19.1 Å². The lowest BCUT2D eigenvalue weighted by molar-refractivity contribution is -0.146. The number of nitrogens with zero attached hydrogens (tertiary/aromatic N) is 3. The zero-order chi connectivity index (χ0) is 39.5. The van der Waals surface area contributed by atoms with Crippen molar-refractivity contribution in [2.45, 2.75) is 49.7 Å². The molecule has 2 atom stereocenters. The molecule has 0 saturated heterocycles. The molecule has 2 heterocycles. The second-order valence-corrected chi connectivity index (χ2v) is 14.9. The van der Waals surface area contributed by atoms with Gasteiger partial charge in [0, 0.05) is 56.7 Å². The zero-order valence-corrected chi connectivity index (χ0v) is 32.0. The van der Waals surface area contributed by atoms with E-state index in [0.29, 0.717) is 46.9 Å². The Morgan fingerprint density at radius 1 is 1.02 bits per heavy atom. The standard InChI is InChI=1S/C39H48N6O9S/c1-27-37(39(49)45(43(27)2)29-11-5-4-6-12-29)28-25-34(38(48)41-20-10-9-15-35(47)42-33-14-8-7-13-32(33)40)54-36(26-28)53-24-22-44(21-23-46)55(50,51)31-18-16-30(52-3)17-19-31/h4-8,11-14,16-19,25,28,36,46H,9-10,15,20-24,26,40H2,1-3H3,(H,41,48)(H,42,47). The summed E-state index contributed by atoms with van der Waals surface area (Å²) in [5.74, 6) is -0.867. The predicted molar refractivity (Wildman–Crippen MR) is 207 cm³/mol. The minimum atomic E-state index is -4.00. The summed E-state index contributed by atoms with van der Waals surface area (Å²) in [6.45, 7) is 1.22. The maximum atomic E-state index is 14.0. The molecule has 3 aromatic carbocycles. The molecule has 0 spiro atoms. The number of benzene rings is 3. The van der Waals surface area contributed by atoms with Gasteiger partial charge in [-0.25, -0.2) is 13.1 Å². The molecule has 0 fully saturated rings. The smallest absolute Gasteiger partial charge is 0.286 e. The fourth-order valence-corrected chi connectivity index (χ4v) is 7.72. The summed E-state index contributed by atoms with van der Waals surface area (Å²) in [5.41, 5.74) is 8.48. The molecule has 2 unspecified atom stereocenters. The molecule has 0 radical (unpaired) electrons. The van der Waals surface area contributed by atoms with Crippen LogP contribution in [0.2, 0.25) is 0 Å². The third kappa shape index (κ3) is 10.0.